The fourth-order valence-electron chi connectivity index (χ4n) is 8.91. The van der Waals surface area contributed by atoms with Crippen molar-refractivity contribution in [3.63, 3.8) is 0 Å². The summed E-state index contributed by atoms with van der Waals surface area (Å²) in [6, 6.07) is 0. The fraction of sp³-hybridized carbons (Fsp3) is 0.862. The second kappa shape index (κ2) is 9.26. The minimum atomic E-state index is -0.290. The molecule has 3 heteroatoms. The minimum absolute atomic E-state index is 0.0419. The lowest BCUT2D eigenvalue weighted by molar-refractivity contribution is -0.149. The molecule has 0 bridgehead atoms. The van der Waals surface area contributed by atoms with Crippen LogP contribution in [0.3, 0.4) is 0 Å². The van der Waals surface area contributed by atoms with Crippen molar-refractivity contribution in [2.24, 2.45) is 46.3 Å². The lowest BCUT2D eigenvalue weighted by atomic mass is 9.46. The van der Waals surface area contributed by atoms with E-state index in [1.165, 1.54) is 63.7 Å². The minimum Gasteiger partial charge on any atom is -0.462 e. The maximum atomic E-state index is 12.7. The number of hydrogen-bond acceptors (Lipinski definition) is 3. The Labute approximate surface area is 196 Å². The Morgan fingerprint density at radius 2 is 1.91 bits per heavy atom. The average molecular weight is 443 g/mol. The number of fused-ring (bicyclic) bond motifs is 5. The zero-order valence-electron chi connectivity index (χ0n) is 21.2. The maximum Gasteiger partial charge on any atom is 0.302 e. The van der Waals surface area contributed by atoms with E-state index in [2.05, 4.69) is 33.8 Å². The second-order valence-corrected chi connectivity index (χ2v) is 12.5. The van der Waals surface area contributed by atoms with E-state index in [9.17, 15) is 9.59 Å². The Balaban J connectivity index is 1.50. The number of ether oxygens (including phenoxy) is 1. The summed E-state index contributed by atoms with van der Waals surface area (Å²) in [6.45, 7) is 11.3. The zero-order valence-corrected chi connectivity index (χ0v) is 21.2. The zero-order chi connectivity index (χ0) is 23.1. The van der Waals surface area contributed by atoms with Crippen LogP contribution in [0.4, 0.5) is 0 Å². The molecular weight excluding hydrogens is 396 g/mol. The van der Waals surface area contributed by atoms with Crippen LogP contribution >= 0.6 is 0 Å². The van der Waals surface area contributed by atoms with Crippen molar-refractivity contribution in [3.8, 4) is 0 Å². The summed E-state index contributed by atoms with van der Waals surface area (Å²) in [5.74, 6) is 4.18. The molecule has 4 aliphatic carbocycles. The van der Waals surface area contributed by atoms with E-state index in [4.69, 9.17) is 4.74 Å². The standard InChI is InChI=1S/C29H46O3/c1-19(2)7-6-8-20(3)25-11-12-26-24-10-9-22-17-23(32-21(4)31)13-16-29(22,18-30)27(24)14-15-28(25,26)5/h9,18-20,23-27H,6-8,10-17H2,1-5H3/t20-,23+,24+,25-,26+,27+,28-,29-/m1/s1. The lowest BCUT2D eigenvalue weighted by Crippen LogP contribution is -2.52. The van der Waals surface area contributed by atoms with Crippen LogP contribution in [0.15, 0.2) is 11.6 Å². The number of aldehydes is 1. The van der Waals surface area contributed by atoms with Gasteiger partial charge in [-0.3, -0.25) is 4.79 Å². The summed E-state index contributed by atoms with van der Waals surface area (Å²) in [4.78, 5) is 24.2. The van der Waals surface area contributed by atoms with Crippen molar-refractivity contribution < 1.29 is 14.3 Å². The van der Waals surface area contributed by atoms with Gasteiger partial charge < -0.3 is 9.53 Å². The van der Waals surface area contributed by atoms with Crippen molar-refractivity contribution in [1.82, 2.24) is 0 Å². The van der Waals surface area contributed by atoms with Crippen LogP contribution < -0.4 is 0 Å². The van der Waals surface area contributed by atoms with Gasteiger partial charge >= 0.3 is 5.97 Å². The first-order valence-electron chi connectivity index (χ1n) is 13.5. The third-order valence-corrected chi connectivity index (χ3v) is 10.4. The van der Waals surface area contributed by atoms with Crippen LogP contribution in [0.2, 0.25) is 0 Å². The molecule has 0 saturated heterocycles. The Morgan fingerprint density at radius 3 is 2.59 bits per heavy atom. The van der Waals surface area contributed by atoms with Gasteiger partial charge in [-0.25, -0.2) is 0 Å². The SMILES string of the molecule is CC(=O)O[C@H]1CC[C@@]2(C=O)C(=CC[C@H]3[C@@H]4CC[C@H]([C@H](C)CCCC(C)C)[C@@]4(C)CC[C@@H]32)C1. The van der Waals surface area contributed by atoms with Crippen LogP contribution in [0.1, 0.15) is 105 Å². The van der Waals surface area contributed by atoms with E-state index in [1.807, 2.05) is 0 Å². The first-order chi connectivity index (χ1) is 15.2. The van der Waals surface area contributed by atoms with Crippen LogP contribution in [0.25, 0.3) is 0 Å². The van der Waals surface area contributed by atoms with Gasteiger partial charge in [0.25, 0.3) is 0 Å². The molecule has 0 amide bonds. The van der Waals surface area contributed by atoms with E-state index in [1.54, 1.807) is 0 Å². The van der Waals surface area contributed by atoms with E-state index in [0.717, 1.165) is 49.4 Å². The molecule has 0 unspecified atom stereocenters. The molecule has 3 nitrogen and oxygen atoms in total. The second-order valence-electron chi connectivity index (χ2n) is 12.5. The van der Waals surface area contributed by atoms with Gasteiger partial charge in [-0.2, -0.15) is 0 Å². The lowest BCUT2D eigenvalue weighted by Gasteiger charge is -2.57. The van der Waals surface area contributed by atoms with Gasteiger partial charge in [-0.15, -0.1) is 0 Å². The summed E-state index contributed by atoms with van der Waals surface area (Å²) in [7, 11) is 0. The molecular formula is C29H46O3. The van der Waals surface area contributed by atoms with E-state index in [0.29, 0.717) is 17.3 Å². The van der Waals surface area contributed by atoms with Gasteiger partial charge in [0.1, 0.15) is 12.4 Å². The molecule has 8 atom stereocenters. The predicted octanol–water partition coefficient (Wildman–Crippen LogP) is 7.14. The van der Waals surface area contributed by atoms with Crippen molar-refractivity contribution in [1.29, 1.82) is 0 Å². The Bertz CT molecular complexity index is 739. The summed E-state index contributed by atoms with van der Waals surface area (Å²) in [6.07, 6.45) is 16.6. The molecule has 4 rings (SSSR count). The number of allylic oxidation sites excluding steroid dienone is 1. The summed E-state index contributed by atoms with van der Waals surface area (Å²) >= 11 is 0. The largest absolute Gasteiger partial charge is 0.462 e. The summed E-state index contributed by atoms with van der Waals surface area (Å²) in [5, 5.41) is 0. The van der Waals surface area contributed by atoms with Crippen LogP contribution in [0.5, 0.6) is 0 Å². The van der Waals surface area contributed by atoms with E-state index < -0.39 is 0 Å². The summed E-state index contributed by atoms with van der Waals surface area (Å²) in [5.41, 5.74) is 1.44. The molecule has 0 N–H and O–H groups in total. The number of rotatable bonds is 7. The Hall–Kier alpha value is -1.12. The van der Waals surface area contributed by atoms with Gasteiger partial charge in [-0.05, 0) is 85.9 Å². The van der Waals surface area contributed by atoms with Crippen molar-refractivity contribution >= 4 is 12.3 Å². The molecule has 0 heterocycles. The fourth-order valence-corrected chi connectivity index (χ4v) is 8.91. The van der Waals surface area contributed by atoms with Crippen molar-refractivity contribution in [2.45, 2.75) is 111 Å². The molecule has 180 valence electrons. The molecule has 0 aromatic rings. The Kier molecular flexibility index (Phi) is 6.95. The molecule has 32 heavy (non-hydrogen) atoms. The van der Waals surface area contributed by atoms with Crippen LogP contribution in [-0.2, 0) is 14.3 Å². The predicted molar refractivity (Wildman–Crippen MR) is 129 cm³/mol. The van der Waals surface area contributed by atoms with Gasteiger partial charge in [0.2, 0.25) is 0 Å². The molecule has 3 saturated carbocycles. The third-order valence-electron chi connectivity index (χ3n) is 10.4. The van der Waals surface area contributed by atoms with E-state index in [-0.39, 0.29) is 17.5 Å². The van der Waals surface area contributed by atoms with Gasteiger partial charge in [0.05, 0.1) is 5.41 Å². The van der Waals surface area contributed by atoms with Crippen molar-refractivity contribution in [3.05, 3.63) is 11.6 Å². The third kappa shape index (κ3) is 4.11. The molecule has 0 aromatic heterocycles. The number of esters is 1. The Morgan fingerprint density at radius 1 is 1.12 bits per heavy atom. The first-order valence-corrected chi connectivity index (χ1v) is 13.5. The first kappa shape index (κ1) is 24.0. The topological polar surface area (TPSA) is 43.4 Å². The average Bonchev–Trinajstić information content (AvgIpc) is 3.10. The number of carbonyl (C=O) groups is 2. The summed E-state index contributed by atoms with van der Waals surface area (Å²) < 4.78 is 5.54. The highest BCUT2D eigenvalue weighted by Crippen LogP contribution is 2.67. The molecule has 0 spiro atoms. The molecule has 0 aromatic carbocycles. The molecule has 0 aliphatic heterocycles. The normalized spacial score (nSPS) is 41.8. The number of hydrogen-bond donors (Lipinski definition) is 0. The molecule has 4 aliphatic rings. The smallest absolute Gasteiger partial charge is 0.302 e. The maximum absolute atomic E-state index is 12.7. The van der Waals surface area contributed by atoms with E-state index >= 15 is 0 Å². The monoisotopic (exact) mass is 442 g/mol. The molecule has 3 fully saturated rings. The highest BCUT2D eigenvalue weighted by Gasteiger charge is 2.60. The van der Waals surface area contributed by atoms with Gasteiger partial charge in [0, 0.05) is 13.3 Å². The van der Waals surface area contributed by atoms with Crippen LogP contribution in [0, 0.1) is 46.3 Å². The molecule has 0 radical (unpaired) electrons. The van der Waals surface area contributed by atoms with Crippen molar-refractivity contribution in [2.75, 3.05) is 0 Å². The van der Waals surface area contributed by atoms with Gasteiger partial charge in [0.15, 0.2) is 0 Å². The number of carbonyl (C=O) groups excluding carboxylic acids is 2. The van der Waals surface area contributed by atoms with Gasteiger partial charge in [-0.1, -0.05) is 58.6 Å². The van der Waals surface area contributed by atoms with Crippen LogP contribution in [-0.4, -0.2) is 18.4 Å². The highest BCUT2D eigenvalue weighted by atomic mass is 16.5. The highest BCUT2D eigenvalue weighted by molar-refractivity contribution is 5.68. The quantitative estimate of drug-likeness (QED) is 0.239.